The fraction of sp³-hybridized carbons (Fsp3) is 0. The molecule has 330 valence electrons. The van der Waals surface area contributed by atoms with E-state index in [0.717, 1.165) is 42.0 Å². The molecule has 0 aliphatic heterocycles. The average Bonchev–Trinajstić information content (AvgIpc) is 4.16. The summed E-state index contributed by atoms with van der Waals surface area (Å²) < 4.78 is 120. The van der Waals surface area contributed by atoms with Gasteiger partial charge in [-0.15, -0.1) is 11.3 Å². The summed E-state index contributed by atoms with van der Waals surface area (Å²) in [6.07, 6.45) is 0. The van der Waals surface area contributed by atoms with E-state index in [1.54, 1.807) is 69.0 Å². The molecule has 0 unspecified atom stereocenters. The maximum absolute atomic E-state index is 9.70. The van der Waals surface area contributed by atoms with Gasteiger partial charge in [-0.2, -0.15) is 15.0 Å². The Balaban J connectivity index is 1.16. The summed E-state index contributed by atoms with van der Waals surface area (Å²) in [4.78, 5) is 16.3. The largest absolute Gasteiger partial charge is 0.308 e. The number of nitrogens with zero attached hydrogens (tertiary/aromatic N) is 7. The van der Waals surface area contributed by atoms with Crippen LogP contribution < -0.4 is 0 Å². The molecule has 0 amide bonds. The second kappa shape index (κ2) is 14.6. The van der Waals surface area contributed by atoms with Gasteiger partial charge in [0.15, 0.2) is 5.82 Å². The van der Waals surface area contributed by atoms with Crippen LogP contribution >= 0.6 is 11.3 Å². The van der Waals surface area contributed by atoms with Gasteiger partial charge in [-0.05, 0) is 66.7 Å². The lowest BCUT2D eigenvalue weighted by molar-refractivity contribution is 0.891. The smallest absolute Gasteiger partial charge is 0.240 e. The highest BCUT2D eigenvalue weighted by atomic mass is 32.1. The number of aromatic nitrogens is 7. The van der Waals surface area contributed by atoms with Crippen LogP contribution in [-0.4, -0.2) is 33.2 Å². The molecule has 0 N–H and O–H groups in total. The van der Waals surface area contributed by atoms with Crippen LogP contribution in [0.4, 0.5) is 0 Å². The molecule has 16 aromatic rings. The first kappa shape index (κ1) is 28.8. The van der Waals surface area contributed by atoms with Crippen molar-refractivity contribution in [3.8, 4) is 34.7 Å². The van der Waals surface area contributed by atoms with E-state index >= 15 is 0 Å². The molecular formula is C63H37N7S. The van der Waals surface area contributed by atoms with Crippen LogP contribution in [0, 0.1) is 0 Å². The maximum Gasteiger partial charge on any atom is 0.240 e. The van der Waals surface area contributed by atoms with E-state index in [-0.39, 0.29) is 81.3 Å². The Labute approximate surface area is 425 Å². The average molecular weight is 936 g/mol. The zero-order valence-corrected chi connectivity index (χ0v) is 37.8. The quantitative estimate of drug-likeness (QED) is 0.173. The Morgan fingerprint density at radius 1 is 0.324 bits per heavy atom. The van der Waals surface area contributed by atoms with Gasteiger partial charge in [0.2, 0.25) is 11.9 Å². The van der Waals surface area contributed by atoms with Crippen molar-refractivity contribution in [2.45, 2.75) is 0 Å². The molecule has 0 radical (unpaired) electrons. The molecule has 0 fully saturated rings. The molecule has 16 rings (SSSR count). The Hall–Kier alpha value is -9.37. The zero-order chi connectivity index (χ0) is 56.8. The van der Waals surface area contributed by atoms with Crippen molar-refractivity contribution in [3.05, 3.63) is 224 Å². The van der Waals surface area contributed by atoms with Crippen molar-refractivity contribution in [2.75, 3.05) is 0 Å². The van der Waals surface area contributed by atoms with Crippen molar-refractivity contribution in [1.29, 1.82) is 0 Å². The van der Waals surface area contributed by atoms with E-state index < -0.39 is 36.3 Å². The number of benzene rings is 10. The van der Waals surface area contributed by atoms with Crippen LogP contribution in [0.25, 0.3) is 142 Å². The summed E-state index contributed by atoms with van der Waals surface area (Å²) in [5.74, 6) is -0.216. The van der Waals surface area contributed by atoms with Crippen LogP contribution in [0.2, 0.25) is 0 Å². The van der Waals surface area contributed by atoms with E-state index in [0.29, 0.717) is 55.0 Å². The minimum absolute atomic E-state index is 0.00538. The number of para-hydroxylation sites is 7. The van der Waals surface area contributed by atoms with Crippen molar-refractivity contribution in [1.82, 2.24) is 33.2 Å². The highest BCUT2D eigenvalue weighted by Gasteiger charge is 2.28. The zero-order valence-electron chi connectivity index (χ0n) is 49.0. The Bertz CT molecular complexity index is 5490. The topological polar surface area (TPSA) is 58.4 Å². The van der Waals surface area contributed by atoms with Gasteiger partial charge in [-0.25, -0.2) is 0 Å². The summed E-state index contributed by atoms with van der Waals surface area (Å²) in [5, 5.41) is 6.20. The fourth-order valence-electron chi connectivity index (χ4n) is 11.0. The maximum atomic E-state index is 9.70. The van der Waals surface area contributed by atoms with E-state index in [4.69, 9.17) is 23.2 Å². The van der Waals surface area contributed by atoms with Crippen LogP contribution in [0.15, 0.2) is 224 Å². The number of thiophene rings is 1. The van der Waals surface area contributed by atoms with Gasteiger partial charge >= 0.3 is 0 Å². The van der Waals surface area contributed by atoms with Crippen molar-refractivity contribution in [3.63, 3.8) is 0 Å². The summed E-state index contributed by atoms with van der Waals surface area (Å²) in [6.45, 7) is 0. The molecule has 0 bridgehead atoms. The number of rotatable bonds is 5. The van der Waals surface area contributed by atoms with Gasteiger partial charge in [0.05, 0.1) is 77.5 Å². The first-order valence-corrected chi connectivity index (χ1v) is 23.8. The van der Waals surface area contributed by atoms with Crippen LogP contribution in [0.5, 0.6) is 0 Å². The number of hydrogen-bond donors (Lipinski definition) is 0. The van der Waals surface area contributed by atoms with Gasteiger partial charge in [0.1, 0.15) is 0 Å². The summed E-state index contributed by atoms with van der Waals surface area (Å²) in [5.41, 5.74) is 4.72. The first-order chi connectivity index (χ1) is 40.2. The van der Waals surface area contributed by atoms with Gasteiger partial charge in [0.25, 0.3) is 0 Å². The number of hydrogen-bond acceptors (Lipinski definition) is 4. The van der Waals surface area contributed by atoms with Gasteiger partial charge < -0.3 is 9.13 Å². The molecule has 6 heterocycles. The normalized spacial score (nSPS) is 14.6. The van der Waals surface area contributed by atoms with Crippen LogP contribution in [-0.2, 0) is 0 Å². The van der Waals surface area contributed by atoms with Crippen LogP contribution in [0.3, 0.4) is 0 Å². The predicted octanol–water partition coefficient (Wildman–Crippen LogP) is 16.3. The third kappa shape index (κ3) is 5.34. The van der Waals surface area contributed by atoms with Crippen molar-refractivity contribution >= 4 is 119 Å². The van der Waals surface area contributed by atoms with E-state index in [9.17, 15) is 8.22 Å². The first-order valence-electron chi connectivity index (χ1n) is 29.0. The molecule has 0 spiro atoms. The van der Waals surface area contributed by atoms with Gasteiger partial charge in [-0.3, -0.25) is 9.13 Å². The Morgan fingerprint density at radius 2 is 0.761 bits per heavy atom. The summed E-state index contributed by atoms with van der Waals surface area (Å²) in [7, 11) is 0. The van der Waals surface area contributed by atoms with Gasteiger partial charge in [-0.1, -0.05) is 158 Å². The summed E-state index contributed by atoms with van der Waals surface area (Å²) in [6, 6.07) is 43.5. The molecular weight excluding hydrogens is 887 g/mol. The molecule has 0 saturated carbocycles. The molecule has 0 saturated heterocycles. The van der Waals surface area contributed by atoms with E-state index in [2.05, 4.69) is 34.9 Å². The van der Waals surface area contributed by atoms with E-state index in [1.165, 1.54) is 0 Å². The van der Waals surface area contributed by atoms with Crippen molar-refractivity contribution in [2.24, 2.45) is 0 Å². The Morgan fingerprint density at radius 3 is 1.32 bits per heavy atom. The predicted molar refractivity (Wildman–Crippen MR) is 296 cm³/mol. The minimum Gasteiger partial charge on any atom is -0.308 e. The number of fused-ring (bicyclic) bond motifs is 16. The van der Waals surface area contributed by atoms with Crippen LogP contribution in [0.1, 0.15) is 16.4 Å². The molecule has 71 heavy (non-hydrogen) atoms. The summed E-state index contributed by atoms with van der Waals surface area (Å²) >= 11 is 1.68. The van der Waals surface area contributed by atoms with Crippen molar-refractivity contribution < 1.29 is 16.4 Å². The SMILES string of the molecule is [2H]c1c([2H])c([2H])c2c(c1[2H])c1ccccc1n2-c1nc(-c2c(-n3c4ccccc4c4c([2H])c([2H])c([2H])c([2H])c43)cccc2-n2c3ccccc3c3ccc4sc5ccccc5c4c32)nc(-n2c3ccccc3c3c([2H])c([2H])c([2H])c([2H])c32)n1. The second-order valence-electron chi connectivity index (χ2n) is 17.4. The van der Waals surface area contributed by atoms with E-state index in [1.807, 2.05) is 77.4 Å². The molecule has 0 aliphatic carbocycles. The Kier molecular flexibility index (Phi) is 5.92. The second-order valence-corrected chi connectivity index (χ2v) is 18.5. The molecule has 7 nitrogen and oxygen atoms in total. The molecule has 0 atom stereocenters. The molecule has 0 aliphatic rings. The fourth-order valence-corrected chi connectivity index (χ4v) is 12.1. The monoisotopic (exact) mass is 935 g/mol. The lowest BCUT2D eigenvalue weighted by atomic mass is 10.1. The lowest BCUT2D eigenvalue weighted by Crippen LogP contribution is -2.12. The van der Waals surface area contributed by atoms with Gasteiger partial charge in [0, 0.05) is 63.3 Å². The highest BCUT2D eigenvalue weighted by Crippen LogP contribution is 2.46. The minimum atomic E-state index is -0.485. The molecule has 8 heteroatoms. The lowest BCUT2D eigenvalue weighted by Gasteiger charge is -2.20. The standard InChI is InChI=1S/C63H37N7S/c1-9-26-47-38(18-1)39-19-2-10-27-48(39)67(47)54-33-17-34-55(68-49-28-11-7-24-44(49)45-36-37-57-58(60(45)68)46-25-8-16-35-56(46)71-57)59(54)61-64-62(69-50-29-12-3-20-40(50)41-21-4-13-30-51(41)69)66-63(65-61)70-52-31-14-5-22-42(52)43-23-6-15-32-53(43)70/h1-37H/i1D,3D,5D,9D,12D,14D,18D,20D,22D,26D,29D,31D. The molecule has 10 aromatic carbocycles. The third-order valence-electron chi connectivity index (χ3n) is 13.8. The third-order valence-corrected chi connectivity index (χ3v) is 15.0. The highest BCUT2D eigenvalue weighted by molar-refractivity contribution is 7.26. The molecule has 6 aromatic heterocycles.